The van der Waals surface area contributed by atoms with Crippen LogP contribution in [0.1, 0.15) is 17.0 Å². The summed E-state index contributed by atoms with van der Waals surface area (Å²) in [5.74, 6) is 2.27. The predicted molar refractivity (Wildman–Crippen MR) is 77.0 cm³/mol. The summed E-state index contributed by atoms with van der Waals surface area (Å²) in [7, 11) is 1.70. The molecule has 0 spiro atoms. The lowest BCUT2D eigenvalue weighted by Gasteiger charge is -2.11. The van der Waals surface area contributed by atoms with Crippen LogP contribution in [0.25, 0.3) is 16.9 Å². The SMILES string of the molecule is COc1c(C)cc(-c2cnc3nc(C)nn3c2)cc1C. The molecule has 2 aromatic heterocycles. The van der Waals surface area contributed by atoms with Crippen LogP contribution in [-0.4, -0.2) is 26.7 Å². The molecule has 3 aromatic rings. The molecular weight excluding hydrogens is 252 g/mol. The van der Waals surface area contributed by atoms with Gasteiger partial charge in [0.2, 0.25) is 0 Å². The molecule has 0 N–H and O–H groups in total. The zero-order chi connectivity index (χ0) is 14.3. The number of rotatable bonds is 2. The summed E-state index contributed by atoms with van der Waals surface area (Å²) in [6.07, 6.45) is 3.77. The summed E-state index contributed by atoms with van der Waals surface area (Å²) >= 11 is 0. The molecule has 102 valence electrons. The molecule has 5 heteroatoms. The first-order chi connectivity index (χ1) is 9.58. The quantitative estimate of drug-likeness (QED) is 0.717. The first kappa shape index (κ1) is 12.6. The van der Waals surface area contributed by atoms with E-state index in [1.807, 2.05) is 33.2 Å². The summed E-state index contributed by atoms with van der Waals surface area (Å²) in [4.78, 5) is 8.57. The summed E-state index contributed by atoms with van der Waals surface area (Å²) in [6.45, 7) is 5.94. The molecule has 3 rings (SSSR count). The van der Waals surface area contributed by atoms with Crippen LogP contribution in [0.3, 0.4) is 0 Å². The van der Waals surface area contributed by atoms with Crippen LogP contribution in [0.4, 0.5) is 0 Å². The molecule has 0 aliphatic heterocycles. The second-order valence-electron chi connectivity index (χ2n) is 4.89. The number of aromatic nitrogens is 4. The maximum Gasteiger partial charge on any atom is 0.252 e. The van der Waals surface area contributed by atoms with Crippen molar-refractivity contribution in [2.45, 2.75) is 20.8 Å². The molecule has 0 atom stereocenters. The fraction of sp³-hybridized carbons (Fsp3) is 0.267. The van der Waals surface area contributed by atoms with Crippen molar-refractivity contribution in [3.63, 3.8) is 0 Å². The molecule has 0 aliphatic rings. The largest absolute Gasteiger partial charge is 0.496 e. The molecule has 0 saturated carbocycles. The van der Waals surface area contributed by atoms with E-state index in [1.165, 1.54) is 0 Å². The number of nitrogens with zero attached hydrogens (tertiary/aromatic N) is 4. The zero-order valence-electron chi connectivity index (χ0n) is 12.0. The maximum absolute atomic E-state index is 5.40. The van der Waals surface area contributed by atoms with Crippen LogP contribution in [0.15, 0.2) is 24.5 Å². The first-order valence-electron chi connectivity index (χ1n) is 6.43. The van der Waals surface area contributed by atoms with E-state index in [9.17, 15) is 0 Å². The lowest BCUT2D eigenvalue weighted by atomic mass is 10.0. The van der Waals surface area contributed by atoms with E-state index >= 15 is 0 Å². The Balaban J connectivity index is 2.15. The van der Waals surface area contributed by atoms with Crippen LogP contribution in [0.2, 0.25) is 0 Å². The van der Waals surface area contributed by atoms with Gasteiger partial charge in [-0.2, -0.15) is 10.1 Å². The third kappa shape index (κ3) is 2.01. The van der Waals surface area contributed by atoms with E-state index in [2.05, 4.69) is 27.2 Å². The highest BCUT2D eigenvalue weighted by atomic mass is 16.5. The number of fused-ring (bicyclic) bond motifs is 1. The number of hydrogen-bond acceptors (Lipinski definition) is 4. The van der Waals surface area contributed by atoms with Crippen molar-refractivity contribution in [1.82, 2.24) is 19.6 Å². The Labute approximate surface area is 117 Å². The van der Waals surface area contributed by atoms with Gasteiger partial charge in [0, 0.05) is 18.0 Å². The highest BCUT2D eigenvalue weighted by molar-refractivity contribution is 5.66. The van der Waals surface area contributed by atoms with Gasteiger partial charge in [-0.1, -0.05) is 0 Å². The Kier molecular flexibility index (Phi) is 2.89. The van der Waals surface area contributed by atoms with E-state index in [0.717, 1.165) is 33.8 Å². The first-order valence-corrected chi connectivity index (χ1v) is 6.43. The van der Waals surface area contributed by atoms with E-state index in [0.29, 0.717) is 5.78 Å². The van der Waals surface area contributed by atoms with Crippen molar-refractivity contribution in [3.05, 3.63) is 41.5 Å². The molecule has 0 radical (unpaired) electrons. The van der Waals surface area contributed by atoms with E-state index in [1.54, 1.807) is 11.6 Å². The maximum atomic E-state index is 5.40. The Hall–Kier alpha value is -2.43. The molecule has 2 heterocycles. The molecule has 20 heavy (non-hydrogen) atoms. The van der Waals surface area contributed by atoms with Crippen LogP contribution >= 0.6 is 0 Å². The van der Waals surface area contributed by atoms with E-state index in [4.69, 9.17) is 4.74 Å². The summed E-state index contributed by atoms with van der Waals surface area (Å²) in [5, 5.41) is 4.30. The van der Waals surface area contributed by atoms with Gasteiger partial charge in [0.25, 0.3) is 5.78 Å². The van der Waals surface area contributed by atoms with Crippen LogP contribution < -0.4 is 4.74 Å². The Morgan fingerprint density at radius 1 is 1.05 bits per heavy atom. The van der Waals surface area contributed by atoms with Crippen LogP contribution in [0, 0.1) is 20.8 Å². The van der Waals surface area contributed by atoms with Gasteiger partial charge in [0.15, 0.2) is 0 Å². The standard InChI is InChI=1S/C15H16N4O/c1-9-5-12(6-10(2)14(9)20-4)13-7-16-15-17-11(3)18-19(15)8-13/h5-8H,1-4H3. The fourth-order valence-corrected chi connectivity index (χ4v) is 2.47. The second kappa shape index (κ2) is 4.59. The molecular formula is C15H16N4O. The summed E-state index contributed by atoms with van der Waals surface area (Å²) < 4.78 is 7.10. The Morgan fingerprint density at radius 2 is 1.75 bits per heavy atom. The molecule has 0 bridgehead atoms. The lowest BCUT2D eigenvalue weighted by Crippen LogP contribution is -1.95. The average Bonchev–Trinajstić information content (AvgIpc) is 2.77. The van der Waals surface area contributed by atoms with Crippen molar-refractivity contribution < 1.29 is 4.74 Å². The predicted octanol–water partition coefficient (Wildman–Crippen LogP) is 2.73. The minimum absolute atomic E-state index is 0.619. The minimum Gasteiger partial charge on any atom is -0.496 e. The lowest BCUT2D eigenvalue weighted by molar-refractivity contribution is 0.408. The second-order valence-corrected chi connectivity index (χ2v) is 4.89. The van der Waals surface area contributed by atoms with Crippen molar-refractivity contribution >= 4 is 5.78 Å². The molecule has 0 aliphatic carbocycles. The molecule has 0 fully saturated rings. The van der Waals surface area contributed by atoms with Crippen molar-refractivity contribution in [3.8, 4) is 16.9 Å². The number of hydrogen-bond donors (Lipinski definition) is 0. The number of ether oxygens (including phenoxy) is 1. The molecule has 0 amide bonds. The topological polar surface area (TPSA) is 52.3 Å². The number of benzene rings is 1. The minimum atomic E-state index is 0.619. The third-order valence-corrected chi connectivity index (χ3v) is 3.30. The van der Waals surface area contributed by atoms with E-state index in [-0.39, 0.29) is 0 Å². The average molecular weight is 268 g/mol. The van der Waals surface area contributed by atoms with E-state index < -0.39 is 0 Å². The third-order valence-electron chi connectivity index (χ3n) is 3.30. The summed E-state index contributed by atoms with van der Waals surface area (Å²) in [5.41, 5.74) is 4.33. The Morgan fingerprint density at radius 3 is 2.40 bits per heavy atom. The van der Waals surface area contributed by atoms with Gasteiger partial charge >= 0.3 is 0 Å². The monoisotopic (exact) mass is 268 g/mol. The van der Waals surface area contributed by atoms with Gasteiger partial charge in [-0.25, -0.2) is 9.50 Å². The van der Waals surface area contributed by atoms with Gasteiger partial charge < -0.3 is 4.74 Å². The highest BCUT2D eigenvalue weighted by Crippen LogP contribution is 2.29. The zero-order valence-corrected chi connectivity index (χ0v) is 12.0. The van der Waals surface area contributed by atoms with Gasteiger partial charge in [-0.15, -0.1) is 0 Å². The molecule has 0 unspecified atom stereocenters. The number of aryl methyl sites for hydroxylation is 3. The van der Waals surface area contributed by atoms with Crippen molar-refractivity contribution in [1.29, 1.82) is 0 Å². The van der Waals surface area contributed by atoms with Crippen LogP contribution in [0.5, 0.6) is 5.75 Å². The Bertz CT molecular complexity index is 769. The molecule has 0 saturated heterocycles. The van der Waals surface area contributed by atoms with Crippen LogP contribution in [-0.2, 0) is 0 Å². The highest BCUT2D eigenvalue weighted by Gasteiger charge is 2.09. The molecule has 1 aromatic carbocycles. The summed E-state index contributed by atoms with van der Waals surface area (Å²) in [6, 6.07) is 4.19. The van der Waals surface area contributed by atoms with Gasteiger partial charge in [0.1, 0.15) is 11.6 Å². The van der Waals surface area contributed by atoms with Gasteiger partial charge in [0.05, 0.1) is 7.11 Å². The van der Waals surface area contributed by atoms with Crippen molar-refractivity contribution in [2.24, 2.45) is 0 Å². The molecule has 5 nitrogen and oxygen atoms in total. The van der Waals surface area contributed by atoms with Gasteiger partial charge in [-0.05, 0) is 49.6 Å². The van der Waals surface area contributed by atoms with Gasteiger partial charge in [-0.3, -0.25) is 0 Å². The van der Waals surface area contributed by atoms with Crippen molar-refractivity contribution in [2.75, 3.05) is 7.11 Å². The smallest absolute Gasteiger partial charge is 0.252 e. The number of methoxy groups -OCH3 is 1. The normalized spacial score (nSPS) is 11.0. The fourth-order valence-electron chi connectivity index (χ4n) is 2.47.